The van der Waals surface area contributed by atoms with Crippen LogP contribution in [0.25, 0.3) is 0 Å². The molecule has 0 aliphatic carbocycles. The Kier molecular flexibility index (Phi) is 2.36. The first-order chi connectivity index (χ1) is 4.06. The molecule has 0 radical (unpaired) electrons. The smallest absolute Gasteiger partial charge is 0.343 e. The van der Waals surface area contributed by atoms with Crippen LogP contribution in [0.1, 0.15) is 6.92 Å². The minimum atomic E-state index is -1.68. The van der Waals surface area contributed by atoms with Crippen molar-refractivity contribution in [1.29, 1.82) is 0 Å². The number of carboxylic acids is 1. The van der Waals surface area contributed by atoms with Gasteiger partial charge in [0.05, 0.1) is 0 Å². The maximum Gasteiger partial charge on any atom is 0.343 e. The number of carboxylic acid groups (broad SMARTS) is 1. The third-order valence-electron chi connectivity index (χ3n) is 1.00. The van der Waals surface area contributed by atoms with Gasteiger partial charge in [-0.15, -0.1) is 0 Å². The maximum absolute atomic E-state index is 10.1. The van der Waals surface area contributed by atoms with E-state index in [1.165, 1.54) is 6.92 Å². The van der Waals surface area contributed by atoms with Crippen molar-refractivity contribution in [1.82, 2.24) is 0 Å². The molecule has 0 rings (SSSR count). The zero-order valence-corrected chi connectivity index (χ0v) is 5.00. The molecule has 4 nitrogen and oxygen atoms in total. The summed E-state index contributed by atoms with van der Waals surface area (Å²) in [5.74, 6) is -1.28. The molecule has 4 heteroatoms. The summed E-state index contributed by atoms with van der Waals surface area (Å²) >= 11 is 0. The molecule has 0 fully saturated rings. The molecule has 0 saturated heterocycles. The molecule has 0 aromatic heterocycles. The minimum Gasteiger partial charge on any atom is -0.479 e. The first-order valence-corrected chi connectivity index (χ1v) is 2.26. The SMILES string of the molecule is C=C[C@](C)(OO)C(=O)O. The Bertz CT molecular complexity index is 131. The summed E-state index contributed by atoms with van der Waals surface area (Å²) in [5.41, 5.74) is -1.68. The summed E-state index contributed by atoms with van der Waals surface area (Å²) in [6, 6.07) is 0. The monoisotopic (exact) mass is 132 g/mol. The molecule has 0 aliphatic heterocycles. The molecule has 0 bridgehead atoms. The Hall–Kier alpha value is -0.870. The average molecular weight is 132 g/mol. The molecule has 0 aromatic rings. The van der Waals surface area contributed by atoms with Crippen LogP contribution >= 0.6 is 0 Å². The van der Waals surface area contributed by atoms with E-state index in [0.717, 1.165) is 6.08 Å². The number of aliphatic carboxylic acids is 1. The Labute approximate surface area is 52.3 Å². The second-order valence-corrected chi connectivity index (χ2v) is 1.71. The van der Waals surface area contributed by atoms with Crippen LogP contribution in [0, 0.1) is 0 Å². The molecular weight excluding hydrogens is 124 g/mol. The van der Waals surface area contributed by atoms with Crippen molar-refractivity contribution in [3.63, 3.8) is 0 Å². The van der Waals surface area contributed by atoms with E-state index < -0.39 is 11.6 Å². The Balaban J connectivity index is 4.27. The van der Waals surface area contributed by atoms with E-state index in [4.69, 9.17) is 10.4 Å². The Morgan fingerprint density at radius 1 is 1.89 bits per heavy atom. The van der Waals surface area contributed by atoms with Gasteiger partial charge in [0, 0.05) is 0 Å². The standard InChI is InChI=1S/C5H8O4/c1-3-5(2,9-8)4(6)7/h3,8H,1H2,2H3,(H,6,7)/t5-/m0/s1. The first-order valence-electron chi connectivity index (χ1n) is 2.26. The van der Waals surface area contributed by atoms with Gasteiger partial charge in [-0.3, -0.25) is 5.26 Å². The number of hydrogen-bond donors (Lipinski definition) is 2. The summed E-state index contributed by atoms with van der Waals surface area (Å²) in [4.78, 5) is 13.8. The van der Waals surface area contributed by atoms with Gasteiger partial charge in [-0.2, -0.15) is 0 Å². The highest BCUT2D eigenvalue weighted by Crippen LogP contribution is 2.08. The second-order valence-electron chi connectivity index (χ2n) is 1.71. The summed E-state index contributed by atoms with van der Waals surface area (Å²) < 4.78 is 0. The topological polar surface area (TPSA) is 66.8 Å². The van der Waals surface area contributed by atoms with E-state index in [1.54, 1.807) is 0 Å². The number of carbonyl (C=O) groups is 1. The Morgan fingerprint density at radius 2 is 2.33 bits per heavy atom. The third-order valence-corrected chi connectivity index (χ3v) is 1.00. The summed E-state index contributed by atoms with van der Waals surface area (Å²) in [5, 5.41) is 16.3. The molecule has 0 amide bonds. The zero-order chi connectivity index (χ0) is 7.49. The second kappa shape index (κ2) is 2.61. The van der Waals surface area contributed by atoms with Gasteiger partial charge < -0.3 is 5.11 Å². The minimum absolute atomic E-state index is 0.995. The van der Waals surface area contributed by atoms with Crippen molar-refractivity contribution in [3.8, 4) is 0 Å². The molecule has 0 saturated carbocycles. The van der Waals surface area contributed by atoms with Crippen LogP contribution in [0.4, 0.5) is 0 Å². The molecule has 2 N–H and O–H groups in total. The maximum atomic E-state index is 10.1. The van der Waals surface area contributed by atoms with Gasteiger partial charge in [0.25, 0.3) is 0 Å². The lowest BCUT2D eigenvalue weighted by atomic mass is 10.1. The molecule has 0 aromatic carbocycles. The van der Waals surface area contributed by atoms with E-state index >= 15 is 0 Å². The molecule has 1 atom stereocenters. The largest absolute Gasteiger partial charge is 0.479 e. The van der Waals surface area contributed by atoms with Crippen LogP contribution in [0.15, 0.2) is 12.7 Å². The summed E-state index contributed by atoms with van der Waals surface area (Å²) in [7, 11) is 0. The lowest BCUT2D eigenvalue weighted by Crippen LogP contribution is -2.34. The Morgan fingerprint density at radius 3 is 2.33 bits per heavy atom. The molecular formula is C5H8O4. The van der Waals surface area contributed by atoms with Crippen molar-refractivity contribution in [2.45, 2.75) is 12.5 Å². The highest BCUT2D eigenvalue weighted by molar-refractivity contribution is 5.79. The highest BCUT2D eigenvalue weighted by Gasteiger charge is 2.30. The van der Waals surface area contributed by atoms with Crippen LogP contribution < -0.4 is 0 Å². The summed E-state index contributed by atoms with van der Waals surface area (Å²) in [6.45, 7) is 4.34. The van der Waals surface area contributed by atoms with Crippen molar-refractivity contribution in [2.75, 3.05) is 0 Å². The predicted molar refractivity (Wildman–Crippen MR) is 30.0 cm³/mol. The number of hydrogen-bond acceptors (Lipinski definition) is 3. The highest BCUT2D eigenvalue weighted by atomic mass is 17.1. The molecule has 0 spiro atoms. The van der Waals surface area contributed by atoms with Crippen LogP contribution in [-0.4, -0.2) is 21.9 Å². The first kappa shape index (κ1) is 8.13. The van der Waals surface area contributed by atoms with Crippen LogP contribution in [-0.2, 0) is 9.68 Å². The lowest BCUT2D eigenvalue weighted by molar-refractivity contribution is -0.297. The molecule has 52 valence electrons. The molecule has 0 unspecified atom stereocenters. The van der Waals surface area contributed by atoms with E-state index in [9.17, 15) is 4.79 Å². The predicted octanol–water partition coefficient (Wildman–Crippen LogP) is 0.505. The zero-order valence-electron chi connectivity index (χ0n) is 5.00. The molecule has 0 aliphatic rings. The molecule has 0 heterocycles. The normalized spacial score (nSPS) is 16.2. The quantitative estimate of drug-likeness (QED) is 0.333. The number of rotatable bonds is 3. The van der Waals surface area contributed by atoms with Crippen molar-refractivity contribution >= 4 is 5.97 Å². The fraction of sp³-hybridized carbons (Fsp3) is 0.400. The lowest BCUT2D eigenvalue weighted by Gasteiger charge is -2.14. The van der Waals surface area contributed by atoms with Crippen LogP contribution in [0.5, 0.6) is 0 Å². The van der Waals surface area contributed by atoms with Gasteiger partial charge in [0.1, 0.15) is 0 Å². The van der Waals surface area contributed by atoms with E-state index in [1.807, 2.05) is 0 Å². The fourth-order valence-corrected chi connectivity index (χ4v) is 0.164. The molecule has 9 heavy (non-hydrogen) atoms. The van der Waals surface area contributed by atoms with Crippen molar-refractivity contribution in [2.24, 2.45) is 0 Å². The van der Waals surface area contributed by atoms with Gasteiger partial charge in [-0.1, -0.05) is 6.58 Å². The van der Waals surface area contributed by atoms with Gasteiger partial charge in [0.2, 0.25) is 5.60 Å². The van der Waals surface area contributed by atoms with Crippen LogP contribution in [0.2, 0.25) is 0 Å². The van der Waals surface area contributed by atoms with Crippen LogP contribution in [0.3, 0.4) is 0 Å². The van der Waals surface area contributed by atoms with E-state index in [-0.39, 0.29) is 0 Å². The fourth-order valence-electron chi connectivity index (χ4n) is 0.164. The van der Waals surface area contributed by atoms with Crippen molar-refractivity contribution in [3.05, 3.63) is 12.7 Å². The van der Waals surface area contributed by atoms with Gasteiger partial charge in [-0.25, -0.2) is 9.68 Å². The van der Waals surface area contributed by atoms with Crippen molar-refractivity contribution < 1.29 is 20.0 Å². The van der Waals surface area contributed by atoms with E-state index in [0.29, 0.717) is 0 Å². The average Bonchev–Trinajstić information content (AvgIpc) is 1.86. The van der Waals surface area contributed by atoms with Gasteiger partial charge in [0.15, 0.2) is 0 Å². The van der Waals surface area contributed by atoms with Gasteiger partial charge in [-0.05, 0) is 13.0 Å². The van der Waals surface area contributed by atoms with Gasteiger partial charge >= 0.3 is 5.97 Å². The van der Waals surface area contributed by atoms with E-state index in [2.05, 4.69) is 11.5 Å². The summed E-state index contributed by atoms with van der Waals surface area (Å²) in [6.07, 6.45) is 0.995. The third kappa shape index (κ3) is 1.51.